The lowest BCUT2D eigenvalue weighted by atomic mass is 10.1. The van der Waals surface area contributed by atoms with E-state index in [1.807, 2.05) is 31.2 Å². The van der Waals surface area contributed by atoms with Crippen LogP contribution in [0.3, 0.4) is 0 Å². The van der Waals surface area contributed by atoms with E-state index < -0.39 is 6.10 Å². The predicted octanol–water partition coefficient (Wildman–Crippen LogP) is 2.09. The summed E-state index contributed by atoms with van der Waals surface area (Å²) in [5.74, 6) is 0.823. The van der Waals surface area contributed by atoms with Crippen LogP contribution in [0.5, 0.6) is 5.75 Å². The molecule has 0 N–H and O–H groups in total. The first-order chi connectivity index (χ1) is 8.79. The molecule has 0 radical (unpaired) electrons. The van der Waals surface area contributed by atoms with Crippen molar-refractivity contribution >= 4 is 5.78 Å². The highest BCUT2D eigenvalue weighted by atomic mass is 16.5. The van der Waals surface area contributed by atoms with Crippen LogP contribution < -0.4 is 4.74 Å². The van der Waals surface area contributed by atoms with E-state index in [4.69, 9.17) is 4.74 Å². The van der Waals surface area contributed by atoms with Crippen LogP contribution in [0, 0.1) is 0 Å². The molecule has 4 nitrogen and oxygen atoms in total. The molecule has 4 heteroatoms. The van der Waals surface area contributed by atoms with Gasteiger partial charge in [-0.3, -0.25) is 9.48 Å². The number of carbonyl (C=O) groups excluding carboxylic acids is 1. The summed E-state index contributed by atoms with van der Waals surface area (Å²) in [5, 5.41) is 4.12. The van der Waals surface area contributed by atoms with E-state index in [2.05, 4.69) is 5.10 Å². The van der Waals surface area contributed by atoms with Crippen molar-refractivity contribution in [2.45, 2.75) is 26.0 Å². The van der Waals surface area contributed by atoms with E-state index in [-0.39, 0.29) is 5.78 Å². The Bertz CT molecular complexity index is 564. The first kappa shape index (κ1) is 11.0. The SMILES string of the molecule is CCn1nccc1C(=O)C1Cc2ccccc2O1. The molecule has 1 unspecified atom stereocenters. The zero-order valence-corrected chi connectivity index (χ0v) is 10.2. The smallest absolute Gasteiger partial charge is 0.221 e. The second-order valence-electron chi connectivity index (χ2n) is 4.31. The van der Waals surface area contributed by atoms with Crippen LogP contribution >= 0.6 is 0 Å². The number of fused-ring (bicyclic) bond motifs is 1. The number of hydrogen-bond acceptors (Lipinski definition) is 3. The van der Waals surface area contributed by atoms with E-state index in [0.29, 0.717) is 18.7 Å². The number of ether oxygens (including phenoxy) is 1. The molecule has 0 saturated carbocycles. The van der Waals surface area contributed by atoms with Crippen molar-refractivity contribution in [2.75, 3.05) is 0 Å². The van der Waals surface area contributed by atoms with E-state index in [1.165, 1.54) is 0 Å². The fourth-order valence-electron chi connectivity index (χ4n) is 2.29. The molecule has 0 amide bonds. The van der Waals surface area contributed by atoms with Crippen LogP contribution in [-0.2, 0) is 13.0 Å². The molecule has 2 aromatic rings. The van der Waals surface area contributed by atoms with Crippen LogP contribution in [0.15, 0.2) is 36.5 Å². The van der Waals surface area contributed by atoms with E-state index >= 15 is 0 Å². The van der Waals surface area contributed by atoms with E-state index in [9.17, 15) is 4.79 Å². The number of carbonyl (C=O) groups is 1. The third kappa shape index (κ3) is 1.70. The van der Waals surface area contributed by atoms with Crippen molar-refractivity contribution in [2.24, 2.45) is 0 Å². The standard InChI is InChI=1S/C14H14N2O2/c1-2-16-11(7-8-15-16)14(17)13-9-10-5-3-4-6-12(10)18-13/h3-8,13H,2,9H2,1H3. The Hall–Kier alpha value is -2.10. The third-order valence-corrected chi connectivity index (χ3v) is 3.21. The number of rotatable bonds is 3. The van der Waals surface area contributed by atoms with Gasteiger partial charge in [-0.2, -0.15) is 5.10 Å². The van der Waals surface area contributed by atoms with E-state index in [0.717, 1.165) is 11.3 Å². The van der Waals surface area contributed by atoms with Gasteiger partial charge in [-0.15, -0.1) is 0 Å². The normalized spacial score (nSPS) is 17.3. The predicted molar refractivity (Wildman–Crippen MR) is 66.8 cm³/mol. The zero-order valence-electron chi connectivity index (χ0n) is 10.2. The first-order valence-corrected chi connectivity index (χ1v) is 6.10. The summed E-state index contributed by atoms with van der Waals surface area (Å²) < 4.78 is 7.40. The number of nitrogens with zero attached hydrogens (tertiary/aromatic N) is 2. The Morgan fingerprint density at radius 3 is 3.06 bits per heavy atom. The van der Waals surface area contributed by atoms with Gasteiger partial charge in [0.05, 0.1) is 0 Å². The maximum Gasteiger partial charge on any atom is 0.221 e. The maximum atomic E-state index is 12.4. The number of Topliss-reactive ketones (excluding diaryl/α,β-unsaturated/α-hetero) is 1. The molecule has 0 aliphatic carbocycles. The highest BCUT2D eigenvalue weighted by Gasteiger charge is 2.31. The number of benzene rings is 1. The van der Waals surface area contributed by atoms with Gasteiger partial charge in [0, 0.05) is 19.2 Å². The summed E-state index contributed by atoms with van der Waals surface area (Å²) in [5.41, 5.74) is 1.72. The van der Waals surface area contributed by atoms with Gasteiger partial charge in [-0.05, 0) is 24.6 Å². The van der Waals surface area contributed by atoms with Crippen molar-refractivity contribution in [1.29, 1.82) is 0 Å². The maximum absolute atomic E-state index is 12.4. The molecule has 3 rings (SSSR count). The van der Waals surface area contributed by atoms with Crippen molar-refractivity contribution in [3.63, 3.8) is 0 Å². The number of aryl methyl sites for hydroxylation is 1. The van der Waals surface area contributed by atoms with Crippen LogP contribution in [0.25, 0.3) is 0 Å². The number of ketones is 1. The fraction of sp³-hybridized carbons (Fsp3) is 0.286. The van der Waals surface area contributed by atoms with Crippen molar-refractivity contribution in [3.8, 4) is 5.75 Å². The van der Waals surface area contributed by atoms with Crippen LogP contribution in [-0.4, -0.2) is 21.7 Å². The van der Waals surface area contributed by atoms with Gasteiger partial charge in [0.15, 0.2) is 6.10 Å². The molecule has 1 aliphatic rings. The summed E-state index contributed by atoms with van der Waals surface area (Å²) in [4.78, 5) is 12.4. The van der Waals surface area contributed by atoms with Gasteiger partial charge in [0.2, 0.25) is 5.78 Å². The monoisotopic (exact) mass is 242 g/mol. The first-order valence-electron chi connectivity index (χ1n) is 6.10. The third-order valence-electron chi connectivity index (χ3n) is 3.21. The number of para-hydroxylation sites is 1. The molecule has 92 valence electrons. The second-order valence-corrected chi connectivity index (χ2v) is 4.31. The largest absolute Gasteiger partial charge is 0.482 e. The molecular formula is C14H14N2O2. The highest BCUT2D eigenvalue weighted by Crippen LogP contribution is 2.29. The van der Waals surface area contributed by atoms with Crippen molar-refractivity contribution < 1.29 is 9.53 Å². The Morgan fingerprint density at radius 2 is 2.28 bits per heavy atom. The lowest BCUT2D eigenvalue weighted by Crippen LogP contribution is -2.27. The lowest BCUT2D eigenvalue weighted by Gasteiger charge is -2.10. The highest BCUT2D eigenvalue weighted by molar-refractivity contribution is 5.98. The molecule has 1 aromatic heterocycles. The molecule has 1 aliphatic heterocycles. The van der Waals surface area contributed by atoms with Crippen LogP contribution in [0.1, 0.15) is 23.0 Å². The Labute approximate surface area is 105 Å². The summed E-state index contributed by atoms with van der Waals surface area (Å²) >= 11 is 0. The second kappa shape index (κ2) is 4.29. The molecule has 2 heterocycles. The average molecular weight is 242 g/mol. The number of hydrogen-bond donors (Lipinski definition) is 0. The molecule has 1 aromatic carbocycles. The quantitative estimate of drug-likeness (QED) is 0.774. The van der Waals surface area contributed by atoms with Gasteiger partial charge < -0.3 is 4.74 Å². The summed E-state index contributed by atoms with van der Waals surface area (Å²) in [6.45, 7) is 2.65. The van der Waals surface area contributed by atoms with Gasteiger partial charge in [-0.1, -0.05) is 18.2 Å². The van der Waals surface area contributed by atoms with Crippen molar-refractivity contribution in [3.05, 3.63) is 47.8 Å². The molecule has 0 bridgehead atoms. The Kier molecular flexibility index (Phi) is 2.63. The molecule has 0 spiro atoms. The molecule has 1 atom stereocenters. The summed E-state index contributed by atoms with van der Waals surface area (Å²) in [6, 6.07) is 9.53. The minimum Gasteiger partial charge on any atom is -0.482 e. The van der Waals surface area contributed by atoms with Gasteiger partial charge in [0.25, 0.3) is 0 Å². The Morgan fingerprint density at radius 1 is 1.44 bits per heavy atom. The Balaban J connectivity index is 1.85. The van der Waals surface area contributed by atoms with Crippen LogP contribution in [0.4, 0.5) is 0 Å². The molecule has 0 fully saturated rings. The van der Waals surface area contributed by atoms with Gasteiger partial charge >= 0.3 is 0 Å². The average Bonchev–Trinajstić information content (AvgIpc) is 3.03. The van der Waals surface area contributed by atoms with Crippen LogP contribution in [0.2, 0.25) is 0 Å². The minimum atomic E-state index is -0.413. The molecular weight excluding hydrogens is 228 g/mol. The van der Waals surface area contributed by atoms with Gasteiger partial charge in [-0.25, -0.2) is 0 Å². The molecule has 18 heavy (non-hydrogen) atoms. The van der Waals surface area contributed by atoms with Crippen molar-refractivity contribution in [1.82, 2.24) is 9.78 Å². The minimum absolute atomic E-state index is 0.00514. The van der Waals surface area contributed by atoms with Gasteiger partial charge in [0.1, 0.15) is 11.4 Å². The lowest BCUT2D eigenvalue weighted by molar-refractivity contribution is 0.0813. The number of aromatic nitrogens is 2. The van der Waals surface area contributed by atoms with E-state index in [1.54, 1.807) is 16.9 Å². The summed E-state index contributed by atoms with van der Waals surface area (Å²) in [7, 11) is 0. The topological polar surface area (TPSA) is 44.1 Å². The molecule has 0 saturated heterocycles. The summed E-state index contributed by atoms with van der Waals surface area (Å²) in [6.07, 6.45) is 1.88. The fourth-order valence-corrected chi connectivity index (χ4v) is 2.29. The zero-order chi connectivity index (χ0) is 12.5.